The number of thiophene rings is 1. The molecule has 0 atom stereocenters. The SMILES string of the molecule is COC(=O)c1ccc(F)c(CNc2ncnc3sc(C)cc23)c1. The third-order valence-corrected chi connectivity index (χ3v) is 4.32. The van der Waals surface area contributed by atoms with E-state index in [1.807, 2.05) is 13.0 Å². The smallest absolute Gasteiger partial charge is 0.337 e. The topological polar surface area (TPSA) is 64.1 Å². The lowest BCUT2D eigenvalue weighted by Crippen LogP contribution is -2.07. The second-order valence-electron chi connectivity index (χ2n) is 4.95. The zero-order chi connectivity index (χ0) is 16.4. The number of aryl methyl sites for hydroxylation is 1. The molecule has 1 N–H and O–H groups in total. The van der Waals surface area contributed by atoms with Crippen molar-refractivity contribution in [2.75, 3.05) is 12.4 Å². The molecule has 1 aromatic carbocycles. The van der Waals surface area contributed by atoms with E-state index in [1.165, 1.54) is 31.6 Å². The number of fused-ring (bicyclic) bond motifs is 1. The Balaban J connectivity index is 1.86. The number of rotatable bonds is 4. The summed E-state index contributed by atoms with van der Waals surface area (Å²) in [7, 11) is 1.29. The monoisotopic (exact) mass is 331 g/mol. The van der Waals surface area contributed by atoms with E-state index in [4.69, 9.17) is 0 Å². The predicted octanol–water partition coefficient (Wildman–Crippen LogP) is 3.54. The second kappa shape index (κ2) is 6.29. The van der Waals surface area contributed by atoms with Crippen molar-refractivity contribution in [1.82, 2.24) is 9.97 Å². The van der Waals surface area contributed by atoms with Crippen molar-refractivity contribution in [3.05, 3.63) is 52.4 Å². The summed E-state index contributed by atoms with van der Waals surface area (Å²) < 4.78 is 18.6. The van der Waals surface area contributed by atoms with Gasteiger partial charge in [-0.15, -0.1) is 11.3 Å². The maximum Gasteiger partial charge on any atom is 0.337 e. The third-order valence-electron chi connectivity index (χ3n) is 3.37. The van der Waals surface area contributed by atoms with Crippen LogP contribution in [-0.2, 0) is 11.3 Å². The Bertz CT molecular complexity index is 879. The zero-order valence-electron chi connectivity index (χ0n) is 12.6. The van der Waals surface area contributed by atoms with Crippen LogP contribution in [0.2, 0.25) is 0 Å². The van der Waals surface area contributed by atoms with E-state index >= 15 is 0 Å². The van der Waals surface area contributed by atoms with Crippen molar-refractivity contribution in [1.29, 1.82) is 0 Å². The molecule has 0 bridgehead atoms. The molecule has 3 aromatic rings. The van der Waals surface area contributed by atoms with Gasteiger partial charge in [0, 0.05) is 17.0 Å². The first-order valence-electron chi connectivity index (χ1n) is 6.90. The van der Waals surface area contributed by atoms with Crippen LogP contribution in [-0.4, -0.2) is 23.0 Å². The number of nitrogens with one attached hydrogen (secondary N) is 1. The first-order valence-corrected chi connectivity index (χ1v) is 7.72. The fourth-order valence-electron chi connectivity index (χ4n) is 2.25. The Hall–Kier alpha value is -2.54. The highest BCUT2D eigenvalue weighted by molar-refractivity contribution is 7.18. The summed E-state index contributed by atoms with van der Waals surface area (Å²) in [6.07, 6.45) is 1.47. The van der Waals surface area contributed by atoms with E-state index in [0.29, 0.717) is 16.9 Å². The number of nitrogens with zero attached hydrogens (tertiary/aromatic N) is 2. The maximum atomic E-state index is 13.9. The van der Waals surface area contributed by atoms with E-state index in [-0.39, 0.29) is 6.54 Å². The molecule has 3 rings (SSSR count). The van der Waals surface area contributed by atoms with Gasteiger partial charge in [0.05, 0.1) is 18.1 Å². The Morgan fingerprint density at radius 1 is 1.35 bits per heavy atom. The molecular formula is C16H14FN3O2S. The summed E-state index contributed by atoms with van der Waals surface area (Å²) in [6, 6.07) is 6.12. The molecular weight excluding hydrogens is 317 g/mol. The molecule has 2 aromatic heterocycles. The summed E-state index contributed by atoms with van der Waals surface area (Å²) in [5.74, 6) is -0.247. The van der Waals surface area contributed by atoms with Crippen LogP contribution in [0.15, 0.2) is 30.6 Å². The molecule has 23 heavy (non-hydrogen) atoms. The minimum absolute atomic E-state index is 0.206. The number of esters is 1. The first kappa shape index (κ1) is 15.4. The zero-order valence-corrected chi connectivity index (χ0v) is 13.4. The van der Waals surface area contributed by atoms with Gasteiger partial charge in [-0.25, -0.2) is 19.2 Å². The molecule has 0 aliphatic heterocycles. The number of aromatic nitrogens is 2. The Morgan fingerprint density at radius 2 is 2.17 bits per heavy atom. The van der Waals surface area contributed by atoms with Crippen molar-refractivity contribution >= 4 is 33.3 Å². The van der Waals surface area contributed by atoms with E-state index < -0.39 is 11.8 Å². The van der Waals surface area contributed by atoms with Crippen molar-refractivity contribution in [3.63, 3.8) is 0 Å². The minimum atomic E-state index is -0.496. The van der Waals surface area contributed by atoms with Crippen LogP contribution in [0.3, 0.4) is 0 Å². The van der Waals surface area contributed by atoms with Crippen LogP contribution in [0.4, 0.5) is 10.2 Å². The van der Waals surface area contributed by atoms with Crippen molar-refractivity contribution in [3.8, 4) is 0 Å². The number of methoxy groups -OCH3 is 1. The Kier molecular flexibility index (Phi) is 4.20. The second-order valence-corrected chi connectivity index (χ2v) is 6.18. The number of anilines is 1. The molecule has 0 fully saturated rings. The quantitative estimate of drug-likeness (QED) is 0.741. The lowest BCUT2D eigenvalue weighted by Gasteiger charge is -2.09. The van der Waals surface area contributed by atoms with Gasteiger partial charge in [0.2, 0.25) is 0 Å². The van der Waals surface area contributed by atoms with Gasteiger partial charge in [-0.05, 0) is 31.2 Å². The Labute approximate surface area is 136 Å². The summed E-state index contributed by atoms with van der Waals surface area (Å²) >= 11 is 1.57. The molecule has 0 aliphatic carbocycles. The number of hydrogen-bond acceptors (Lipinski definition) is 6. The van der Waals surface area contributed by atoms with Crippen LogP contribution in [0.5, 0.6) is 0 Å². The summed E-state index contributed by atoms with van der Waals surface area (Å²) in [6.45, 7) is 2.20. The Morgan fingerprint density at radius 3 is 2.96 bits per heavy atom. The number of carbonyl (C=O) groups is 1. The average molecular weight is 331 g/mol. The number of ether oxygens (including phenoxy) is 1. The molecule has 0 saturated heterocycles. The van der Waals surface area contributed by atoms with Crippen LogP contribution in [0, 0.1) is 12.7 Å². The lowest BCUT2D eigenvalue weighted by atomic mass is 10.1. The van der Waals surface area contributed by atoms with Gasteiger partial charge in [-0.2, -0.15) is 0 Å². The molecule has 7 heteroatoms. The predicted molar refractivity (Wildman–Crippen MR) is 87.2 cm³/mol. The third kappa shape index (κ3) is 3.14. The molecule has 0 aliphatic rings. The molecule has 2 heterocycles. The van der Waals surface area contributed by atoms with E-state index in [1.54, 1.807) is 11.3 Å². The molecule has 0 saturated carbocycles. The fraction of sp³-hybridized carbons (Fsp3) is 0.188. The van der Waals surface area contributed by atoms with E-state index in [2.05, 4.69) is 20.0 Å². The van der Waals surface area contributed by atoms with Gasteiger partial charge in [0.25, 0.3) is 0 Å². The van der Waals surface area contributed by atoms with Gasteiger partial charge in [-0.3, -0.25) is 0 Å². The van der Waals surface area contributed by atoms with Crippen LogP contribution < -0.4 is 5.32 Å². The van der Waals surface area contributed by atoms with E-state index in [0.717, 1.165) is 15.1 Å². The number of benzene rings is 1. The van der Waals surface area contributed by atoms with E-state index in [9.17, 15) is 9.18 Å². The van der Waals surface area contributed by atoms with Crippen LogP contribution in [0.1, 0.15) is 20.8 Å². The van der Waals surface area contributed by atoms with Crippen molar-refractivity contribution in [2.45, 2.75) is 13.5 Å². The van der Waals surface area contributed by atoms with Crippen molar-refractivity contribution in [2.24, 2.45) is 0 Å². The normalized spacial score (nSPS) is 10.7. The van der Waals surface area contributed by atoms with Crippen LogP contribution >= 0.6 is 11.3 Å². The lowest BCUT2D eigenvalue weighted by molar-refractivity contribution is 0.0600. The number of hydrogen-bond donors (Lipinski definition) is 1. The van der Waals surface area contributed by atoms with Gasteiger partial charge < -0.3 is 10.1 Å². The standard InChI is InChI=1S/C16H14FN3O2S/c1-9-5-12-14(19-8-20-15(12)23-9)18-7-11-6-10(16(21)22-2)3-4-13(11)17/h3-6,8H,7H2,1-2H3,(H,18,19,20). The van der Waals surface area contributed by atoms with Gasteiger partial charge in [-0.1, -0.05) is 0 Å². The van der Waals surface area contributed by atoms with Crippen LogP contribution in [0.25, 0.3) is 10.2 Å². The molecule has 0 spiro atoms. The number of carbonyl (C=O) groups excluding carboxylic acids is 1. The molecule has 0 radical (unpaired) electrons. The minimum Gasteiger partial charge on any atom is -0.465 e. The average Bonchev–Trinajstić information content (AvgIpc) is 2.94. The highest BCUT2D eigenvalue weighted by Crippen LogP contribution is 2.27. The van der Waals surface area contributed by atoms with Crippen molar-refractivity contribution < 1.29 is 13.9 Å². The highest BCUT2D eigenvalue weighted by atomic mass is 32.1. The highest BCUT2D eigenvalue weighted by Gasteiger charge is 2.11. The van der Waals surface area contributed by atoms with Gasteiger partial charge in [0.1, 0.15) is 22.8 Å². The summed E-state index contributed by atoms with van der Waals surface area (Å²) in [5.41, 5.74) is 0.677. The fourth-order valence-corrected chi connectivity index (χ4v) is 3.10. The first-order chi connectivity index (χ1) is 11.1. The summed E-state index contributed by atoms with van der Waals surface area (Å²) in [5, 5.41) is 4.01. The largest absolute Gasteiger partial charge is 0.465 e. The molecule has 0 unspecified atom stereocenters. The molecule has 5 nitrogen and oxygen atoms in total. The van der Waals surface area contributed by atoms with Gasteiger partial charge in [0.15, 0.2) is 0 Å². The molecule has 118 valence electrons. The van der Waals surface area contributed by atoms with Gasteiger partial charge >= 0.3 is 5.97 Å². The summed E-state index contributed by atoms with van der Waals surface area (Å²) in [4.78, 5) is 22.0. The molecule has 0 amide bonds. The maximum absolute atomic E-state index is 13.9. The number of halogens is 1.